The van der Waals surface area contributed by atoms with Crippen molar-refractivity contribution in [1.29, 1.82) is 5.26 Å². The lowest BCUT2D eigenvalue weighted by Crippen LogP contribution is -2.21. The van der Waals surface area contributed by atoms with Crippen LogP contribution in [-0.2, 0) is 0 Å². The van der Waals surface area contributed by atoms with Gasteiger partial charge in [-0.25, -0.2) is 0 Å². The van der Waals surface area contributed by atoms with Crippen molar-refractivity contribution in [2.75, 3.05) is 6.54 Å². The van der Waals surface area contributed by atoms with Crippen LogP contribution in [0.4, 0.5) is 0 Å². The third kappa shape index (κ3) is 2.84. The van der Waals surface area contributed by atoms with Crippen molar-refractivity contribution in [3.63, 3.8) is 0 Å². The number of hydrogen-bond donors (Lipinski definition) is 1. The molecule has 0 bridgehead atoms. The minimum absolute atomic E-state index is 0.319. The van der Waals surface area contributed by atoms with Crippen LogP contribution in [0, 0.1) is 37.5 Å². The van der Waals surface area contributed by atoms with Gasteiger partial charge in [0.2, 0.25) is 0 Å². The van der Waals surface area contributed by atoms with Crippen LogP contribution in [0.5, 0.6) is 0 Å². The van der Waals surface area contributed by atoms with E-state index in [4.69, 9.17) is 11.7 Å². The first-order valence-corrected chi connectivity index (χ1v) is 4.82. The standard InChI is InChI=1S/C13H14N2/c1-4-7-15-13(9-14)12-8-10(2)5-6-11(12)3/h1,5-6,8,13,15H,7H2,2-3H3. The highest BCUT2D eigenvalue weighted by atomic mass is 14.9. The minimum Gasteiger partial charge on any atom is -0.287 e. The second-order valence-electron chi connectivity index (χ2n) is 3.51. The maximum absolute atomic E-state index is 9.04. The molecule has 15 heavy (non-hydrogen) atoms. The van der Waals surface area contributed by atoms with Gasteiger partial charge in [0.15, 0.2) is 0 Å². The molecule has 0 fully saturated rings. The molecule has 1 N–H and O–H groups in total. The van der Waals surface area contributed by atoms with Gasteiger partial charge in [-0.2, -0.15) is 5.26 Å². The Morgan fingerprint density at radius 3 is 2.80 bits per heavy atom. The predicted octanol–water partition coefficient (Wildman–Crippen LogP) is 2.09. The number of hydrogen-bond acceptors (Lipinski definition) is 2. The van der Waals surface area contributed by atoms with E-state index in [1.165, 1.54) is 0 Å². The monoisotopic (exact) mass is 198 g/mol. The van der Waals surface area contributed by atoms with E-state index in [0.29, 0.717) is 6.54 Å². The average Bonchev–Trinajstić information content (AvgIpc) is 2.24. The molecule has 2 heteroatoms. The molecule has 0 amide bonds. The zero-order chi connectivity index (χ0) is 11.3. The van der Waals surface area contributed by atoms with E-state index >= 15 is 0 Å². The molecule has 0 spiro atoms. The zero-order valence-electron chi connectivity index (χ0n) is 9.04. The average molecular weight is 198 g/mol. The van der Waals surface area contributed by atoms with E-state index in [1.807, 2.05) is 32.0 Å². The number of rotatable bonds is 3. The SMILES string of the molecule is C#CCNC(C#N)c1cc(C)ccc1C. The lowest BCUT2D eigenvalue weighted by Gasteiger charge is -2.13. The Labute approximate surface area is 90.9 Å². The summed E-state index contributed by atoms with van der Waals surface area (Å²) in [7, 11) is 0. The summed E-state index contributed by atoms with van der Waals surface area (Å²) in [5.41, 5.74) is 3.27. The first-order valence-electron chi connectivity index (χ1n) is 4.82. The number of nitrogens with zero attached hydrogens (tertiary/aromatic N) is 1. The van der Waals surface area contributed by atoms with Gasteiger partial charge in [-0.05, 0) is 25.0 Å². The Kier molecular flexibility index (Phi) is 3.92. The van der Waals surface area contributed by atoms with Crippen LogP contribution in [0.3, 0.4) is 0 Å². The Hall–Kier alpha value is -1.77. The molecule has 1 unspecified atom stereocenters. The summed E-state index contributed by atoms with van der Waals surface area (Å²) in [6.45, 7) is 4.42. The lowest BCUT2D eigenvalue weighted by atomic mass is 10.00. The minimum atomic E-state index is -0.319. The Balaban J connectivity index is 2.97. The summed E-state index contributed by atoms with van der Waals surface area (Å²) in [6, 6.07) is 7.97. The maximum atomic E-state index is 9.04. The molecule has 0 aliphatic carbocycles. The highest BCUT2D eigenvalue weighted by Gasteiger charge is 2.11. The number of benzene rings is 1. The van der Waals surface area contributed by atoms with Gasteiger partial charge in [0.25, 0.3) is 0 Å². The van der Waals surface area contributed by atoms with E-state index in [2.05, 4.69) is 17.3 Å². The number of nitriles is 1. The number of aryl methyl sites for hydroxylation is 2. The molecule has 1 atom stereocenters. The molecule has 0 radical (unpaired) electrons. The molecule has 0 heterocycles. The smallest absolute Gasteiger partial charge is 0.122 e. The third-order valence-electron chi connectivity index (χ3n) is 2.28. The van der Waals surface area contributed by atoms with E-state index in [1.54, 1.807) is 0 Å². The third-order valence-corrected chi connectivity index (χ3v) is 2.28. The Bertz CT molecular complexity index is 421. The molecule has 0 aromatic heterocycles. The molecule has 1 rings (SSSR count). The van der Waals surface area contributed by atoms with Crippen LogP contribution in [0.1, 0.15) is 22.7 Å². The van der Waals surface area contributed by atoms with Crippen molar-refractivity contribution in [3.8, 4) is 18.4 Å². The van der Waals surface area contributed by atoms with Gasteiger partial charge in [-0.15, -0.1) is 6.42 Å². The van der Waals surface area contributed by atoms with Gasteiger partial charge < -0.3 is 0 Å². The van der Waals surface area contributed by atoms with E-state index in [-0.39, 0.29) is 6.04 Å². The quantitative estimate of drug-likeness (QED) is 0.755. The van der Waals surface area contributed by atoms with Crippen molar-refractivity contribution in [2.24, 2.45) is 0 Å². The second kappa shape index (κ2) is 5.20. The van der Waals surface area contributed by atoms with Crippen molar-refractivity contribution in [2.45, 2.75) is 19.9 Å². The van der Waals surface area contributed by atoms with E-state index < -0.39 is 0 Å². The molecule has 0 aliphatic heterocycles. The van der Waals surface area contributed by atoms with Crippen LogP contribution >= 0.6 is 0 Å². The summed E-state index contributed by atoms with van der Waals surface area (Å²) in [4.78, 5) is 0. The Morgan fingerprint density at radius 1 is 1.47 bits per heavy atom. The summed E-state index contributed by atoms with van der Waals surface area (Å²) in [6.07, 6.45) is 5.16. The molecule has 2 nitrogen and oxygen atoms in total. The van der Waals surface area contributed by atoms with Crippen molar-refractivity contribution >= 4 is 0 Å². The summed E-state index contributed by atoms with van der Waals surface area (Å²) < 4.78 is 0. The molecule has 0 saturated carbocycles. The fourth-order valence-electron chi connectivity index (χ4n) is 1.46. The summed E-state index contributed by atoms with van der Waals surface area (Å²) >= 11 is 0. The highest BCUT2D eigenvalue weighted by molar-refractivity contribution is 5.35. The summed E-state index contributed by atoms with van der Waals surface area (Å²) in [5.74, 6) is 2.47. The van der Waals surface area contributed by atoms with E-state index in [9.17, 15) is 0 Å². The first kappa shape index (κ1) is 11.3. The predicted molar refractivity (Wildman–Crippen MR) is 61.1 cm³/mol. The Morgan fingerprint density at radius 2 is 2.20 bits per heavy atom. The van der Waals surface area contributed by atoms with Gasteiger partial charge in [-0.3, -0.25) is 5.32 Å². The summed E-state index contributed by atoms with van der Waals surface area (Å²) in [5, 5.41) is 12.0. The van der Waals surface area contributed by atoms with Crippen LogP contribution in [-0.4, -0.2) is 6.54 Å². The normalized spacial score (nSPS) is 11.5. The number of nitrogens with one attached hydrogen (secondary N) is 1. The molecule has 1 aromatic rings. The van der Waals surface area contributed by atoms with Crippen molar-refractivity contribution < 1.29 is 0 Å². The molecular weight excluding hydrogens is 184 g/mol. The van der Waals surface area contributed by atoms with Crippen LogP contribution < -0.4 is 5.32 Å². The van der Waals surface area contributed by atoms with Crippen molar-refractivity contribution in [1.82, 2.24) is 5.32 Å². The number of terminal acetylenes is 1. The largest absolute Gasteiger partial charge is 0.287 e. The molecule has 0 aliphatic rings. The zero-order valence-corrected chi connectivity index (χ0v) is 9.04. The fraction of sp³-hybridized carbons (Fsp3) is 0.308. The maximum Gasteiger partial charge on any atom is 0.122 e. The van der Waals surface area contributed by atoms with Crippen LogP contribution in [0.25, 0.3) is 0 Å². The van der Waals surface area contributed by atoms with Gasteiger partial charge in [0.1, 0.15) is 6.04 Å². The van der Waals surface area contributed by atoms with Gasteiger partial charge in [-0.1, -0.05) is 29.7 Å². The molecular formula is C13H14N2. The highest BCUT2D eigenvalue weighted by Crippen LogP contribution is 2.18. The first-order chi connectivity index (χ1) is 7.19. The molecule has 1 aromatic carbocycles. The van der Waals surface area contributed by atoms with E-state index in [0.717, 1.165) is 16.7 Å². The van der Waals surface area contributed by atoms with Gasteiger partial charge in [0, 0.05) is 0 Å². The molecule has 76 valence electrons. The van der Waals surface area contributed by atoms with Gasteiger partial charge >= 0.3 is 0 Å². The van der Waals surface area contributed by atoms with Crippen molar-refractivity contribution in [3.05, 3.63) is 34.9 Å². The fourth-order valence-corrected chi connectivity index (χ4v) is 1.46. The van der Waals surface area contributed by atoms with Gasteiger partial charge in [0.05, 0.1) is 12.6 Å². The van der Waals surface area contributed by atoms with Crippen LogP contribution in [0.2, 0.25) is 0 Å². The second-order valence-corrected chi connectivity index (χ2v) is 3.51. The molecule has 0 saturated heterocycles. The topological polar surface area (TPSA) is 35.8 Å². The van der Waals surface area contributed by atoms with Crippen LogP contribution in [0.15, 0.2) is 18.2 Å². The lowest BCUT2D eigenvalue weighted by molar-refractivity contribution is 0.686.